The second-order valence-corrected chi connectivity index (χ2v) is 9.68. The Kier molecular flexibility index (Phi) is 8.18. The maximum Gasteiger partial charge on any atom is 0.282 e. The fraction of sp³-hybridized carbons (Fsp3) is 0.207. The molecule has 0 saturated carbocycles. The highest BCUT2D eigenvalue weighted by Crippen LogP contribution is 2.34. The van der Waals surface area contributed by atoms with Crippen LogP contribution < -0.4 is 15.0 Å². The molecule has 0 amide bonds. The van der Waals surface area contributed by atoms with E-state index in [1.807, 2.05) is 32.0 Å². The van der Waals surface area contributed by atoms with Crippen molar-refractivity contribution in [3.63, 3.8) is 0 Å². The van der Waals surface area contributed by atoms with E-state index in [-0.39, 0.29) is 23.9 Å². The van der Waals surface area contributed by atoms with Crippen LogP contribution in [0.2, 0.25) is 0 Å². The Hall–Kier alpha value is -3.78. The molecule has 0 spiro atoms. The normalized spacial score (nSPS) is 11.4. The number of fused-ring (bicyclic) bond motifs is 1. The number of halogens is 2. The van der Waals surface area contributed by atoms with Crippen molar-refractivity contribution in [2.24, 2.45) is 5.10 Å². The molecule has 0 aliphatic carbocycles. The first-order valence-electron chi connectivity index (χ1n) is 11.8. The summed E-state index contributed by atoms with van der Waals surface area (Å²) in [4.78, 5) is 18.0. The monoisotopic (exact) mass is 563 g/mol. The van der Waals surface area contributed by atoms with Gasteiger partial charge in [0.2, 0.25) is 0 Å². The van der Waals surface area contributed by atoms with Crippen LogP contribution in [0.25, 0.3) is 10.9 Å². The third-order valence-corrected chi connectivity index (χ3v) is 6.20. The number of rotatable bonds is 9. The molecule has 0 fully saturated rings. The van der Waals surface area contributed by atoms with E-state index in [0.29, 0.717) is 34.6 Å². The van der Waals surface area contributed by atoms with Crippen molar-refractivity contribution in [1.82, 2.24) is 9.66 Å². The van der Waals surface area contributed by atoms with E-state index in [1.54, 1.807) is 43.7 Å². The van der Waals surface area contributed by atoms with E-state index >= 15 is 0 Å². The Morgan fingerprint density at radius 1 is 1.16 bits per heavy atom. The molecule has 190 valence electrons. The summed E-state index contributed by atoms with van der Waals surface area (Å²) >= 11 is 3.43. The van der Waals surface area contributed by atoms with Gasteiger partial charge in [-0.2, -0.15) is 9.78 Å². The smallest absolute Gasteiger partial charge is 0.282 e. The van der Waals surface area contributed by atoms with Gasteiger partial charge in [-0.1, -0.05) is 48.0 Å². The number of hydrogen-bond donors (Lipinski definition) is 0. The quantitative estimate of drug-likeness (QED) is 0.169. The summed E-state index contributed by atoms with van der Waals surface area (Å²) in [6, 6.07) is 15.3. The number of ether oxygens (including phenoxy) is 2. The molecule has 1 aromatic heterocycles. The van der Waals surface area contributed by atoms with Crippen LogP contribution in [-0.2, 0) is 13.0 Å². The van der Waals surface area contributed by atoms with Crippen LogP contribution in [0.4, 0.5) is 4.39 Å². The van der Waals surface area contributed by atoms with Crippen molar-refractivity contribution in [2.75, 3.05) is 7.11 Å². The maximum absolute atomic E-state index is 13.3. The molecule has 0 aliphatic heterocycles. The minimum absolute atomic E-state index is 0.0222. The number of hydrogen-bond acceptors (Lipinski definition) is 5. The largest absolute Gasteiger partial charge is 0.493 e. The number of nitrogens with zero attached hydrogens (tertiary/aromatic N) is 3. The minimum atomic E-state index is -0.300. The first-order chi connectivity index (χ1) is 17.8. The van der Waals surface area contributed by atoms with Crippen molar-refractivity contribution >= 4 is 33.0 Å². The van der Waals surface area contributed by atoms with E-state index in [2.05, 4.69) is 32.6 Å². The molecule has 3 aromatic carbocycles. The average Bonchev–Trinajstić information content (AvgIpc) is 2.88. The van der Waals surface area contributed by atoms with Gasteiger partial charge < -0.3 is 9.47 Å². The second kappa shape index (κ2) is 11.5. The number of aromatic nitrogens is 2. The van der Waals surface area contributed by atoms with Crippen LogP contribution in [0.5, 0.6) is 11.5 Å². The van der Waals surface area contributed by atoms with Gasteiger partial charge in [0.05, 0.1) is 24.2 Å². The highest BCUT2D eigenvalue weighted by Gasteiger charge is 2.15. The highest BCUT2D eigenvalue weighted by atomic mass is 79.9. The summed E-state index contributed by atoms with van der Waals surface area (Å²) in [6.07, 6.45) is 3.91. The zero-order valence-corrected chi connectivity index (χ0v) is 22.5. The summed E-state index contributed by atoms with van der Waals surface area (Å²) in [5, 5.41) is 5.01. The molecular weight excluding hydrogens is 537 g/mol. The lowest BCUT2D eigenvalue weighted by Gasteiger charge is -2.16. The van der Waals surface area contributed by atoms with Crippen LogP contribution in [-0.4, -0.2) is 23.0 Å². The predicted molar refractivity (Wildman–Crippen MR) is 148 cm³/mol. The van der Waals surface area contributed by atoms with E-state index in [9.17, 15) is 9.18 Å². The van der Waals surface area contributed by atoms with Gasteiger partial charge in [0.1, 0.15) is 18.2 Å². The van der Waals surface area contributed by atoms with E-state index < -0.39 is 0 Å². The fourth-order valence-corrected chi connectivity index (χ4v) is 4.25. The molecule has 4 aromatic rings. The molecule has 0 atom stereocenters. The number of methoxy groups -OCH3 is 1. The lowest BCUT2D eigenvalue weighted by atomic mass is 10.1. The SMILES string of the molecule is C=CCc1cc(C=Nn2c(C(C)C)nc3ccc(Br)cc3c2=O)cc(OC)c1OCc1ccc(F)cc1. The first kappa shape index (κ1) is 26.3. The van der Waals surface area contributed by atoms with Gasteiger partial charge >= 0.3 is 0 Å². The van der Waals surface area contributed by atoms with Crippen molar-refractivity contribution in [3.05, 3.63) is 110 Å². The summed E-state index contributed by atoms with van der Waals surface area (Å²) in [5.74, 6) is 1.33. The van der Waals surface area contributed by atoms with Crippen LogP contribution in [0.15, 0.2) is 81.6 Å². The molecule has 0 N–H and O–H groups in total. The molecule has 6 nitrogen and oxygen atoms in total. The lowest BCUT2D eigenvalue weighted by Crippen LogP contribution is -2.23. The molecular formula is C29H27BrFN3O3. The highest BCUT2D eigenvalue weighted by molar-refractivity contribution is 9.10. The Balaban J connectivity index is 1.73. The first-order valence-corrected chi connectivity index (χ1v) is 12.6. The van der Waals surface area contributed by atoms with Gasteiger partial charge in [0, 0.05) is 16.0 Å². The standard InChI is InChI=1S/C29H27BrFN3O3/c1-5-6-21-13-20(14-26(36-4)27(21)37-17-19-7-10-23(31)11-8-19)16-32-34-28(18(2)3)33-25-12-9-22(30)15-24(25)29(34)35/h5,7-16,18H,1,6,17H2,2-4H3. The van der Waals surface area contributed by atoms with Crippen molar-refractivity contribution < 1.29 is 13.9 Å². The Morgan fingerprint density at radius 2 is 1.92 bits per heavy atom. The maximum atomic E-state index is 13.3. The van der Waals surface area contributed by atoms with Crippen LogP contribution in [0.3, 0.4) is 0 Å². The molecule has 0 radical (unpaired) electrons. The van der Waals surface area contributed by atoms with Gasteiger partial charge in [-0.05, 0) is 60.0 Å². The number of benzene rings is 3. The van der Waals surface area contributed by atoms with Gasteiger partial charge in [-0.25, -0.2) is 9.37 Å². The van der Waals surface area contributed by atoms with Gasteiger partial charge in [-0.3, -0.25) is 4.79 Å². The predicted octanol–water partition coefficient (Wildman–Crippen LogP) is 6.62. The van der Waals surface area contributed by atoms with E-state index in [0.717, 1.165) is 21.2 Å². The summed E-state index contributed by atoms with van der Waals surface area (Å²) < 4.78 is 27.1. The van der Waals surface area contributed by atoms with Crippen molar-refractivity contribution in [3.8, 4) is 11.5 Å². The summed E-state index contributed by atoms with van der Waals surface area (Å²) in [7, 11) is 1.56. The molecule has 37 heavy (non-hydrogen) atoms. The Labute approximate surface area is 223 Å². The zero-order valence-electron chi connectivity index (χ0n) is 20.9. The van der Waals surface area contributed by atoms with Crippen molar-refractivity contribution in [1.29, 1.82) is 0 Å². The molecule has 0 unspecified atom stereocenters. The number of allylic oxidation sites excluding steroid dienone is 1. The van der Waals surface area contributed by atoms with Crippen LogP contribution >= 0.6 is 15.9 Å². The van der Waals surface area contributed by atoms with Gasteiger partial charge in [-0.15, -0.1) is 6.58 Å². The Morgan fingerprint density at radius 3 is 2.59 bits per heavy atom. The van der Waals surface area contributed by atoms with Crippen LogP contribution in [0.1, 0.15) is 42.3 Å². The van der Waals surface area contributed by atoms with Gasteiger partial charge in [0.15, 0.2) is 11.5 Å². The third-order valence-electron chi connectivity index (χ3n) is 5.71. The van der Waals surface area contributed by atoms with Crippen LogP contribution in [0, 0.1) is 5.82 Å². The molecule has 8 heteroatoms. The summed E-state index contributed by atoms with van der Waals surface area (Å²) in [5.41, 5.74) is 2.77. The average molecular weight is 564 g/mol. The van der Waals surface area contributed by atoms with E-state index in [1.165, 1.54) is 16.8 Å². The van der Waals surface area contributed by atoms with Crippen molar-refractivity contribution in [2.45, 2.75) is 32.8 Å². The van der Waals surface area contributed by atoms with Gasteiger partial charge in [0.25, 0.3) is 5.56 Å². The molecule has 0 bridgehead atoms. The minimum Gasteiger partial charge on any atom is -0.493 e. The third kappa shape index (κ3) is 5.97. The molecule has 0 saturated heterocycles. The molecule has 1 heterocycles. The lowest BCUT2D eigenvalue weighted by molar-refractivity contribution is 0.282. The molecule has 0 aliphatic rings. The second-order valence-electron chi connectivity index (χ2n) is 8.77. The van der Waals surface area contributed by atoms with E-state index in [4.69, 9.17) is 9.47 Å². The molecule has 4 rings (SSSR count). The Bertz CT molecular complexity index is 1530. The topological polar surface area (TPSA) is 65.7 Å². The fourth-order valence-electron chi connectivity index (χ4n) is 3.89. The zero-order chi connectivity index (χ0) is 26.5. The summed E-state index contributed by atoms with van der Waals surface area (Å²) in [6.45, 7) is 8.04.